The normalized spacial score (nSPS) is 15.1. The van der Waals surface area contributed by atoms with E-state index in [1.165, 1.54) is 7.11 Å². The number of esters is 1. The molecule has 0 saturated heterocycles. The van der Waals surface area contributed by atoms with E-state index in [-0.39, 0.29) is 6.10 Å². The van der Waals surface area contributed by atoms with Crippen LogP contribution in [-0.2, 0) is 9.53 Å². The van der Waals surface area contributed by atoms with E-state index in [4.69, 9.17) is 15.2 Å². The van der Waals surface area contributed by atoms with E-state index in [9.17, 15) is 4.79 Å². The molecule has 0 fully saturated rings. The lowest BCUT2D eigenvalue weighted by Crippen LogP contribution is -2.48. The Bertz CT molecular complexity index is 428. The molecule has 0 saturated carbocycles. The van der Waals surface area contributed by atoms with Crippen molar-refractivity contribution in [1.82, 2.24) is 0 Å². The van der Waals surface area contributed by atoms with E-state index in [1.54, 1.807) is 6.92 Å². The summed E-state index contributed by atoms with van der Waals surface area (Å²) in [6.07, 6.45) is 0.162. The van der Waals surface area contributed by atoms with Crippen LogP contribution >= 0.6 is 0 Å². The molecule has 0 spiro atoms. The Morgan fingerprint density at radius 3 is 2.35 bits per heavy atom. The van der Waals surface area contributed by atoms with Crippen LogP contribution in [0.1, 0.15) is 27.2 Å². The molecule has 1 aromatic carbocycles. The molecule has 0 heterocycles. The van der Waals surface area contributed by atoms with Crippen molar-refractivity contribution in [2.75, 3.05) is 13.7 Å². The lowest BCUT2D eigenvalue weighted by molar-refractivity contribution is -0.147. The Hall–Kier alpha value is -1.75. The number of hydrogen-bond acceptors (Lipinski definition) is 5. The average Bonchev–Trinajstić information content (AvgIpc) is 2.39. The molecule has 0 radical (unpaired) electrons. The first-order valence-electron chi connectivity index (χ1n) is 6.66. The molecular formula is C15H23NO4. The fourth-order valence-corrected chi connectivity index (χ4v) is 1.97. The largest absolute Gasteiger partial charge is 0.494 e. The summed E-state index contributed by atoms with van der Waals surface area (Å²) in [7, 11) is 1.32. The van der Waals surface area contributed by atoms with Gasteiger partial charge < -0.3 is 19.9 Å². The summed E-state index contributed by atoms with van der Waals surface area (Å²) in [6.45, 7) is 6.06. The third-order valence-electron chi connectivity index (χ3n) is 2.84. The van der Waals surface area contributed by atoms with E-state index in [1.807, 2.05) is 38.1 Å². The molecule has 1 aromatic rings. The zero-order valence-corrected chi connectivity index (χ0v) is 12.5. The number of ether oxygens (including phenoxy) is 3. The number of methoxy groups -OCH3 is 1. The van der Waals surface area contributed by atoms with Crippen LogP contribution in [0.25, 0.3) is 0 Å². The third kappa shape index (κ3) is 4.74. The Balaban J connectivity index is 2.57. The molecule has 0 aliphatic heterocycles. The predicted octanol–water partition coefficient (Wildman–Crippen LogP) is 2.13. The summed E-state index contributed by atoms with van der Waals surface area (Å²) in [5, 5.41) is 0. The summed E-state index contributed by atoms with van der Waals surface area (Å²) in [6, 6.07) is 7.34. The summed E-state index contributed by atoms with van der Waals surface area (Å²) in [5.74, 6) is 1.06. The first-order chi connectivity index (χ1) is 9.39. The van der Waals surface area contributed by atoms with Crippen LogP contribution < -0.4 is 15.2 Å². The smallest absolute Gasteiger partial charge is 0.325 e. The molecule has 0 aromatic heterocycles. The zero-order chi connectivity index (χ0) is 15.2. The summed E-state index contributed by atoms with van der Waals surface area (Å²) in [4.78, 5) is 11.5. The van der Waals surface area contributed by atoms with Crippen LogP contribution in [0.5, 0.6) is 11.5 Å². The quantitative estimate of drug-likeness (QED) is 0.775. The second kappa shape index (κ2) is 7.14. The van der Waals surface area contributed by atoms with Gasteiger partial charge in [0.05, 0.1) is 19.8 Å². The minimum Gasteiger partial charge on any atom is -0.494 e. The lowest BCUT2D eigenvalue weighted by Gasteiger charge is -2.25. The summed E-state index contributed by atoms with van der Waals surface area (Å²) in [5.41, 5.74) is 4.86. The molecule has 0 amide bonds. The van der Waals surface area contributed by atoms with Crippen molar-refractivity contribution in [2.45, 2.75) is 38.8 Å². The highest BCUT2D eigenvalue weighted by Crippen LogP contribution is 2.21. The standard InChI is InChI=1S/C15H23NO4/c1-5-19-12-6-8-13(9-7-12)20-11(2)10-15(3,16)14(17)18-4/h6-9,11H,5,10,16H2,1-4H3. The van der Waals surface area contributed by atoms with Gasteiger partial charge in [-0.15, -0.1) is 0 Å². The van der Waals surface area contributed by atoms with Crippen LogP contribution in [0.4, 0.5) is 0 Å². The number of rotatable bonds is 7. The number of carbonyl (C=O) groups is 1. The van der Waals surface area contributed by atoms with Gasteiger partial charge in [0.1, 0.15) is 17.0 Å². The summed E-state index contributed by atoms with van der Waals surface area (Å²) < 4.78 is 15.8. The van der Waals surface area contributed by atoms with E-state index >= 15 is 0 Å². The van der Waals surface area contributed by atoms with Crippen LogP contribution in [0.15, 0.2) is 24.3 Å². The highest BCUT2D eigenvalue weighted by molar-refractivity contribution is 5.79. The van der Waals surface area contributed by atoms with Crippen molar-refractivity contribution in [3.05, 3.63) is 24.3 Å². The van der Waals surface area contributed by atoms with Gasteiger partial charge in [0, 0.05) is 6.42 Å². The maximum Gasteiger partial charge on any atom is 0.325 e. The van der Waals surface area contributed by atoms with Crippen molar-refractivity contribution in [3.8, 4) is 11.5 Å². The Morgan fingerprint density at radius 2 is 1.85 bits per heavy atom. The van der Waals surface area contributed by atoms with Gasteiger partial charge in [-0.3, -0.25) is 4.79 Å². The average molecular weight is 281 g/mol. The zero-order valence-electron chi connectivity index (χ0n) is 12.5. The van der Waals surface area contributed by atoms with E-state index in [2.05, 4.69) is 4.74 Å². The van der Waals surface area contributed by atoms with E-state index in [0.29, 0.717) is 18.8 Å². The number of nitrogens with two attached hydrogens (primary N) is 1. The second-order valence-corrected chi connectivity index (χ2v) is 4.95. The van der Waals surface area contributed by atoms with Crippen molar-refractivity contribution in [3.63, 3.8) is 0 Å². The van der Waals surface area contributed by atoms with Crippen LogP contribution in [0.2, 0.25) is 0 Å². The summed E-state index contributed by atoms with van der Waals surface area (Å²) >= 11 is 0. The van der Waals surface area contributed by atoms with Gasteiger partial charge >= 0.3 is 5.97 Å². The molecule has 5 heteroatoms. The molecule has 5 nitrogen and oxygen atoms in total. The molecule has 20 heavy (non-hydrogen) atoms. The highest BCUT2D eigenvalue weighted by Gasteiger charge is 2.32. The Kier molecular flexibility index (Phi) is 5.82. The Morgan fingerprint density at radius 1 is 1.30 bits per heavy atom. The molecule has 2 unspecified atom stereocenters. The van der Waals surface area contributed by atoms with Crippen LogP contribution in [0.3, 0.4) is 0 Å². The van der Waals surface area contributed by atoms with Crippen molar-refractivity contribution >= 4 is 5.97 Å². The number of benzene rings is 1. The van der Waals surface area contributed by atoms with Gasteiger partial charge in [-0.2, -0.15) is 0 Å². The maximum absolute atomic E-state index is 11.5. The van der Waals surface area contributed by atoms with Crippen molar-refractivity contribution < 1.29 is 19.0 Å². The minimum absolute atomic E-state index is 0.206. The van der Waals surface area contributed by atoms with Crippen molar-refractivity contribution in [2.24, 2.45) is 5.73 Å². The minimum atomic E-state index is -1.06. The molecule has 2 atom stereocenters. The molecule has 0 aliphatic carbocycles. The van der Waals surface area contributed by atoms with Gasteiger partial charge in [0.2, 0.25) is 0 Å². The maximum atomic E-state index is 11.5. The number of hydrogen-bond donors (Lipinski definition) is 1. The third-order valence-corrected chi connectivity index (χ3v) is 2.84. The SMILES string of the molecule is CCOc1ccc(OC(C)CC(C)(N)C(=O)OC)cc1. The van der Waals surface area contributed by atoms with Gasteiger partial charge in [-0.1, -0.05) is 0 Å². The molecule has 2 N–H and O–H groups in total. The van der Waals surface area contributed by atoms with Crippen LogP contribution in [0, 0.1) is 0 Å². The van der Waals surface area contributed by atoms with Gasteiger partial charge in [-0.25, -0.2) is 0 Å². The topological polar surface area (TPSA) is 70.8 Å². The van der Waals surface area contributed by atoms with Gasteiger partial charge in [0.25, 0.3) is 0 Å². The van der Waals surface area contributed by atoms with E-state index < -0.39 is 11.5 Å². The molecule has 0 bridgehead atoms. The Labute approximate surface area is 120 Å². The van der Waals surface area contributed by atoms with Gasteiger partial charge in [-0.05, 0) is 45.0 Å². The predicted molar refractivity (Wildman–Crippen MR) is 76.9 cm³/mol. The first kappa shape index (κ1) is 16.3. The van der Waals surface area contributed by atoms with Gasteiger partial charge in [0.15, 0.2) is 0 Å². The highest BCUT2D eigenvalue weighted by atomic mass is 16.5. The fourth-order valence-electron chi connectivity index (χ4n) is 1.97. The van der Waals surface area contributed by atoms with Crippen molar-refractivity contribution in [1.29, 1.82) is 0 Å². The molecule has 1 rings (SSSR count). The molecule has 112 valence electrons. The van der Waals surface area contributed by atoms with E-state index in [0.717, 1.165) is 5.75 Å². The first-order valence-corrected chi connectivity index (χ1v) is 6.66. The molecular weight excluding hydrogens is 258 g/mol. The monoisotopic (exact) mass is 281 g/mol. The number of carbonyl (C=O) groups excluding carboxylic acids is 1. The lowest BCUT2D eigenvalue weighted by atomic mass is 9.96. The molecule has 0 aliphatic rings. The fraction of sp³-hybridized carbons (Fsp3) is 0.533. The van der Waals surface area contributed by atoms with Crippen LogP contribution in [-0.4, -0.2) is 31.3 Å². The second-order valence-electron chi connectivity index (χ2n) is 4.95.